The molecule has 4 aromatic rings. The Balaban J connectivity index is 1.83. The van der Waals surface area contributed by atoms with Crippen molar-refractivity contribution in [1.82, 2.24) is 9.66 Å². The van der Waals surface area contributed by atoms with Crippen LogP contribution in [0.3, 0.4) is 0 Å². The first-order chi connectivity index (χ1) is 13.5. The van der Waals surface area contributed by atoms with Crippen molar-refractivity contribution in [3.8, 4) is 0 Å². The molecule has 0 saturated heterocycles. The Hall–Kier alpha value is -3.39. The molecule has 0 aliphatic rings. The maximum atomic E-state index is 14.0. The molecular formula is C20H13F2N3O2S. The van der Waals surface area contributed by atoms with E-state index in [1.807, 2.05) is 17.5 Å². The summed E-state index contributed by atoms with van der Waals surface area (Å²) in [6.07, 6.45) is 0.276. The average Bonchev–Trinajstić information content (AvgIpc) is 3.18. The van der Waals surface area contributed by atoms with Gasteiger partial charge in [0.05, 0.1) is 10.9 Å². The summed E-state index contributed by atoms with van der Waals surface area (Å²) in [6.45, 7) is 0. The molecule has 1 N–H and O–H groups in total. The van der Waals surface area contributed by atoms with Crippen LogP contribution in [0.2, 0.25) is 0 Å². The van der Waals surface area contributed by atoms with Gasteiger partial charge in [0.25, 0.3) is 11.5 Å². The first-order valence-electron chi connectivity index (χ1n) is 8.33. The highest BCUT2D eigenvalue weighted by Gasteiger charge is 2.20. The van der Waals surface area contributed by atoms with E-state index in [1.165, 1.54) is 11.3 Å². The maximum absolute atomic E-state index is 14.0. The van der Waals surface area contributed by atoms with Gasteiger partial charge in [-0.05, 0) is 35.7 Å². The fraction of sp³-hybridized carbons (Fsp3) is 0.0500. The summed E-state index contributed by atoms with van der Waals surface area (Å²) in [4.78, 5) is 30.8. The smallest absolute Gasteiger partial charge is 0.267 e. The van der Waals surface area contributed by atoms with Gasteiger partial charge in [-0.15, -0.1) is 11.3 Å². The van der Waals surface area contributed by atoms with Crippen LogP contribution in [0.15, 0.2) is 64.8 Å². The molecule has 0 radical (unpaired) electrons. The number of fused-ring (bicyclic) bond motifs is 1. The number of amides is 1. The monoisotopic (exact) mass is 397 g/mol. The predicted octanol–water partition coefficient (Wildman–Crippen LogP) is 3.71. The lowest BCUT2D eigenvalue weighted by atomic mass is 10.2. The molecule has 0 aliphatic heterocycles. The molecule has 0 unspecified atom stereocenters. The van der Waals surface area contributed by atoms with Crippen molar-refractivity contribution in [1.29, 1.82) is 0 Å². The zero-order valence-corrected chi connectivity index (χ0v) is 15.2. The van der Waals surface area contributed by atoms with Gasteiger partial charge in [-0.1, -0.05) is 24.3 Å². The van der Waals surface area contributed by atoms with E-state index < -0.39 is 28.7 Å². The number of aromatic nitrogens is 2. The standard InChI is InChI=1S/C20H13F2N3O2S/c21-14-7-3-8-15(22)18(14)19(26)24-25-17(11-12-5-4-10-28-12)23-16-9-2-1-6-13(16)20(25)27/h1-10H,11H2,(H,24,26). The number of carbonyl (C=O) groups is 1. The summed E-state index contributed by atoms with van der Waals surface area (Å²) >= 11 is 1.47. The minimum absolute atomic E-state index is 0.260. The molecule has 5 nitrogen and oxygen atoms in total. The number of halogens is 2. The van der Waals surface area contributed by atoms with Crippen LogP contribution < -0.4 is 11.0 Å². The number of hydrogen-bond donors (Lipinski definition) is 1. The van der Waals surface area contributed by atoms with Crippen molar-refractivity contribution in [2.45, 2.75) is 6.42 Å². The SMILES string of the molecule is O=C(Nn1c(Cc2cccs2)nc2ccccc2c1=O)c1c(F)cccc1F. The van der Waals surface area contributed by atoms with E-state index in [0.717, 1.165) is 27.8 Å². The Morgan fingerprint density at radius 1 is 1.04 bits per heavy atom. The molecule has 2 aromatic heterocycles. The van der Waals surface area contributed by atoms with Gasteiger partial charge in [-0.3, -0.25) is 15.0 Å². The molecule has 0 saturated carbocycles. The summed E-state index contributed by atoms with van der Waals surface area (Å²) in [5, 5.41) is 2.17. The van der Waals surface area contributed by atoms with Gasteiger partial charge in [0.15, 0.2) is 0 Å². The number of carbonyl (C=O) groups excluding carboxylic acids is 1. The van der Waals surface area contributed by atoms with Gasteiger partial charge in [0.2, 0.25) is 0 Å². The van der Waals surface area contributed by atoms with Crippen LogP contribution >= 0.6 is 11.3 Å². The minimum atomic E-state index is -1.07. The number of para-hydroxylation sites is 1. The Bertz CT molecular complexity index is 1220. The van der Waals surface area contributed by atoms with E-state index in [1.54, 1.807) is 24.3 Å². The summed E-state index contributed by atoms with van der Waals surface area (Å²) < 4.78 is 28.9. The molecule has 8 heteroatoms. The van der Waals surface area contributed by atoms with Crippen LogP contribution in [0.25, 0.3) is 10.9 Å². The van der Waals surface area contributed by atoms with Gasteiger partial charge in [-0.2, -0.15) is 0 Å². The predicted molar refractivity (Wildman–Crippen MR) is 103 cm³/mol. The highest BCUT2D eigenvalue weighted by Crippen LogP contribution is 2.16. The lowest BCUT2D eigenvalue weighted by Crippen LogP contribution is -2.37. The molecule has 1 amide bonds. The Kier molecular flexibility index (Phi) is 4.70. The molecule has 4 rings (SSSR count). The minimum Gasteiger partial charge on any atom is -0.267 e. The highest BCUT2D eigenvalue weighted by atomic mass is 32.1. The molecule has 0 spiro atoms. The van der Waals surface area contributed by atoms with E-state index in [-0.39, 0.29) is 17.6 Å². The zero-order valence-electron chi connectivity index (χ0n) is 14.4. The van der Waals surface area contributed by atoms with Crippen molar-refractivity contribution in [2.24, 2.45) is 0 Å². The number of rotatable bonds is 4. The largest absolute Gasteiger partial charge is 0.280 e. The van der Waals surface area contributed by atoms with Crippen molar-refractivity contribution < 1.29 is 13.6 Å². The molecule has 0 aliphatic carbocycles. The third-order valence-corrected chi connectivity index (χ3v) is 5.04. The fourth-order valence-corrected chi connectivity index (χ4v) is 3.56. The number of nitrogens with one attached hydrogen (secondary N) is 1. The Labute approximate surface area is 161 Å². The molecule has 28 heavy (non-hydrogen) atoms. The van der Waals surface area contributed by atoms with Gasteiger partial charge in [0.1, 0.15) is 23.0 Å². The zero-order chi connectivity index (χ0) is 19.7. The Morgan fingerprint density at radius 2 is 1.79 bits per heavy atom. The van der Waals surface area contributed by atoms with Crippen LogP contribution in [0, 0.1) is 11.6 Å². The van der Waals surface area contributed by atoms with Gasteiger partial charge >= 0.3 is 0 Å². The second kappa shape index (κ2) is 7.32. The van der Waals surface area contributed by atoms with Crippen molar-refractivity contribution >= 4 is 28.1 Å². The first kappa shape index (κ1) is 18.0. The topological polar surface area (TPSA) is 64.0 Å². The van der Waals surface area contributed by atoms with Crippen LogP contribution in [-0.4, -0.2) is 15.6 Å². The summed E-state index contributed by atoms with van der Waals surface area (Å²) in [5.74, 6) is -2.84. The van der Waals surface area contributed by atoms with Crippen molar-refractivity contribution in [3.05, 3.63) is 98.2 Å². The highest BCUT2D eigenvalue weighted by molar-refractivity contribution is 7.09. The summed E-state index contributed by atoms with van der Waals surface area (Å²) in [6, 6.07) is 13.5. The lowest BCUT2D eigenvalue weighted by Gasteiger charge is -2.14. The Morgan fingerprint density at radius 3 is 2.50 bits per heavy atom. The van der Waals surface area contributed by atoms with E-state index in [0.29, 0.717) is 5.52 Å². The van der Waals surface area contributed by atoms with Gasteiger partial charge in [-0.25, -0.2) is 18.4 Å². The summed E-state index contributed by atoms with van der Waals surface area (Å²) in [7, 11) is 0. The van der Waals surface area contributed by atoms with E-state index in [9.17, 15) is 18.4 Å². The number of benzene rings is 2. The molecule has 0 atom stereocenters. The van der Waals surface area contributed by atoms with Gasteiger partial charge < -0.3 is 0 Å². The summed E-state index contributed by atoms with van der Waals surface area (Å²) in [5.41, 5.74) is 1.50. The lowest BCUT2D eigenvalue weighted by molar-refractivity contribution is 0.0998. The average molecular weight is 397 g/mol. The number of thiophene rings is 1. The van der Waals surface area contributed by atoms with Crippen LogP contribution in [-0.2, 0) is 6.42 Å². The van der Waals surface area contributed by atoms with E-state index in [4.69, 9.17) is 0 Å². The molecule has 140 valence electrons. The van der Waals surface area contributed by atoms with Gasteiger partial charge in [0, 0.05) is 11.3 Å². The number of hydrogen-bond acceptors (Lipinski definition) is 4. The molecule has 0 fully saturated rings. The maximum Gasteiger partial charge on any atom is 0.280 e. The fourth-order valence-electron chi connectivity index (χ4n) is 2.85. The third kappa shape index (κ3) is 3.29. The molecular weight excluding hydrogens is 384 g/mol. The van der Waals surface area contributed by atoms with E-state index in [2.05, 4.69) is 10.4 Å². The van der Waals surface area contributed by atoms with Crippen molar-refractivity contribution in [2.75, 3.05) is 5.43 Å². The third-order valence-electron chi connectivity index (χ3n) is 4.16. The molecule has 2 heterocycles. The molecule has 2 aromatic carbocycles. The van der Waals surface area contributed by atoms with Crippen LogP contribution in [0.1, 0.15) is 21.1 Å². The van der Waals surface area contributed by atoms with Crippen LogP contribution in [0.4, 0.5) is 8.78 Å². The second-order valence-corrected chi connectivity index (χ2v) is 7.01. The quantitative estimate of drug-likeness (QED) is 0.571. The first-order valence-corrected chi connectivity index (χ1v) is 9.21. The second-order valence-electron chi connectivity index (χ2n) is 5.98. The van der Waals surface area contributed by atoms with E-state index >= 15 is 0 Å². The number of nitrogens with zero attached hydrogens (tertiary/aromatic N) is 2. The normalized spacial score (nSPS) is 10.9. The van der Waals surface area contributed by atoms with Crippen molar-refractivity contribution in [3.63, 3.8) is 0 Å². The van der Waals surface area contributed by atoms with Crippen LogP contribution in [0.5, 0.6) is 0 Å². The molecule has 0 bridgehead atoms.